The van der Waals surface area contributed by atoms with Crippen LogP contribution in [0.1, 0.15) is 62.5 Å². The average molecular weight is 214 g/mol. The molecule has 0 heterocycles. The van der Waals surface area contributed by atoms with Crippen molar-refractivity contribution in [1.82, 2.24) is 0 Å². The molecule has 2 rings (SSSR count). The summed E-state index contributed by atoms with van der Waals surface area (Å²) in [6.45, 7) is 2.27. The van der Waals surface area contributed by atoms with Crippen LogP contribution in [0, 0.1) is 0 Å². The molecule has 1 aliphatic rings. The lowest BCUT2D eigenvalue weighted by Crippen LogP contribution is -1.93. The summed E-state index contributed by atoms with van der Waals surface area (Å²) in [4.78, 5) is 0. The molecule has 0 amide bonds. The molecular formula is C16H22. The molecule has 0 heteroatoms. The highest BCUT2D eigenvalue weighted by molar-refractivity contribution is 5.62. The topological polar surface area (TPSA) is 0 Å². The summed E-state index contributed by atoms with van der Waals surface area (Å²) in [6, 6.07) is 8.80. The highest BCUT2D eigenvalue weighted by Gasteiger charge is 2.15. The van der Waals surface area contributed by atoms with Gasteiger partial charge in [-0.15, -0.1) is 0 Å². The molecule has 0 nitrogen and oxygen atoms in total. The van der Waals surface area contributed by atoms with Gasteiger partial charge < -0.3 is 0 Å². The zero-order valence-electron chi connectivity index (χ0n) is 10.3. The van der Waals surface area contributed by atoms with Gasteiger partial charge >= 0.3 is 0 Å². The fraction of sp³-hybridized carbons (Fsp3) is 0.500. The van der Waals surface area contributed by atoms with Crippen molar-refractivity contribution < 1.29 is 0 Å². The predicted molar refractivity (Wildman–Crippen MR) is 71.6 cm³/mol. The fourth-order valence-electron chi connectivity index (χ4n) is 2.54. The Hall–Kier alpha value is -1.04. The molecule has 0 saturated carbocycles. The third-order valence-corrected chi connectivity index (χ3v) is 3.52. The third-order valence-electron chi connectivity index (χ3n) is 3.52. The first-order valence-corrected chi connectivity index (χ1v) is 6.69. The molecule has 0 spiro atoms. The summed E-state index contributed by atoms with van der Waals surface area (Å²) in [5.74, 6) is 0.692. The molecule has 0 aromatic heterocycles. The van der Waals surface area contributed by atoms with Crippen molar-refractivity contribution in [2.24, 2.45) is 0 Å². The Morgan fingerprint density at radius 1 is 1.00 bits per heavy atom. The van der Waals surface area contributed by atoms with Crippen LogP contribution in [0.5, 0.6) is 0 Å². The average Bonchev–Trinajstić information content (AvgIpc) is 2.73. The van der Waals surface area contributed by atoms with Gasteiger partial charge in [-0.1, -0.05) is 75.4 Å². The Labute approximate surface area is 99.4 Å². The second kappa shape index (κ2) is 5.89. The van der Waals surface area contributed by atoms with Crippen LogP contribution in [0.15, 0.2) is 30.3 Å². The van der Waals surface area contributed by atoms with Gasteiger partial charge in [0.15, 0.2) is 0 Å². The van der Waals surface area contributed by atoms with Gasteiger partial charge in [-0.2, -0.15) is 0 Å². The van der Waals surface area contributed by atoms with Gasteiger partial charge in [0, 0.05) is 5.92 Å². The number of hydrogen-bond acceptors (Lipinski definition) is 0. The maximum Gasteiger partial charge on any atom is 0.00272 e. The van der Waals surface area contributed by atoms with Crippen molar-refractivity contribution in [3.63, 3.8) is 0 Å². The van der Waals surface area contributed by atoms with Crippen molar-refractivity contribution in [3.8, 4) is 0 Å². The van der Waals surface area contributed by atoms with E-state index in [2.05, 4.69) is 43.3 Å². The molecule has 1 atom stereocenters. The Morgan fingerprint density at radius 3 is 2.69 bits per heavy atom. The molecule has 86 valence electrons. The molecule has 1 aromatic rings. The monoisotopic (exact) mass is 214 g/mol. The fourth-order valence-corrected chi connectivity index (χ4v) is 2.54. The Morgan fingerprint density at radius 2 is 1.81 bits per heavy atom. The van der Waals surface area contributed by atoms with E-state index in [0.717, 1.165) is 0 Å². The first-order chi connectivity index (χ1) is 7.92. The zero-order valence-corrected chi connectivity index (χ0v) is 10.3. The van der Waals surface area contributed by atoms with E-state index < -0.39 is 0 Å². The Balaban J connectivity index is 1.78. The van der Waals surface area contributed by atoms with E-state index in [-0.39, 0.29) is 0 Å². The minimum Gasteiger partial charge on any atom is -0.0764 e. The largest absolute Gasteiger partial charge is 0.0764 e. The number of rotatable bonds is 6. The van der Waals surface area contributed by atoms with E-state index in [1.54, 1.807) is 0 Å². The van der Waals surface area contributed by atoms with E-state index in [1.165, 1.54) is 49.7 Å². The predicted octanol–water partition coefficient (Wildman–Crippen LogP) is 5.16. The molecule has 1 unspecified atom stereocenters. The van der Waals surface area contributed by atoms with E-state index in [9.17, 15) is 0 Å². The molecule has 1 aliphatic carbocycles. The normalized spacial score (nSPS) is 17.7. The summed E-state index contributed by atoms with van der Waals surface area (Å²) in [5, 5.41) is 0. The minimum atomic E-state index is 0.692. The van der Waals surface area contributed by atoms with Crippen LogP contribution in [-0.2, 0) is 0 Å². The smallest absolute Gasteiger partial charge is 0.00272 e. The van der Waals surface area contributed by atoms with Crippen LogP contribution in [0.4, 0.5) is 0 Å². The van der Waals surface area contributed by atoms with Gasteiger partial charge in [-0.25, -0.2) is 0 Å². The van der Waals surface area contributed by atoms with Crippen LogP contribution >= 0.6 is 0 Å². The quantitative estimate of drug-likeness (QED) is 0.574. The van der Waals surface area contributed by atoms with Crippen molar-refractivity contribution >= 4 is 6.08 Å². The highest BCUT2D eigenvalue weighted by atomic mass is 14.2. The first kappa shape index (κ1) is 11.4. The second-order valence-electron chi connectivity index (χ2n) is 4.80. The molecule has 0 radical (unpaired) electrons. The second-order valence-corrected chi connectivity index (χ2v) is 4.80. The van der Waals surface area contributed by atoms with Crippen LogP contribution in [-0.4, -0.2) is 0 Å². The third kappa shape index (κ3) is 2.75. The number of allylic oxidation sites excluding steroid dienone is 1. The first-order valence-electron chi connectivity index (χ1n) is 6.69. The maximum absolute atomic E-state index is 2.38. The lowest BCUT2D eigenvalue weighted by molar-refractivity contribution is 0.588. The molecule has 0 N–H and O–H groups in total. The summed E-state index contributed by atoms with van der Waals surface area (Å²) >= 11 is 0. The number of unbranched alkanes of at least 4 members (excludes halogenated alkanes) is 4. The molecule has 0 aliphatic heterocycles. The zero-order chi connectivity index (χ0) is 11.2. The van der Waals surface area contributed by atoms with E-state index >= 15 is 0 Å². The number of hydrogen-bond donors (Lipinski definition) is 0. The summed E-state index contributed by atoms with van der Waals surface area (Å²) in [5.41, 5.74) is 2.97. The summed E-state index contributed by atoms with van der Waals surface area (Å²) in [7, 11) is 0. The number of fused-ring (bicyclic) bond motifs is 1. The lowest BCUT2D eigenvalue weighted by atomic mass is 9.95. The van der Waals surface area contributed by atoms with Crippen LogP contribution in [0.25, 0.3) is 6.08 Å². The Bertz CT molecular complexity index is 349. The Kier molecular flexibility index (Phi) is 4.21. The van der Waals surface area contributed by atoms with Crippen LogP contribution in [0.2, 0.25) is 0 Å². The van der Waals surface area contributed by atoms with E-state index in [1.807, 2.05) is 0 Å². The molecule has 1 aromatic carbocycles. The highest BCUT2D eigenvalue weighted by Crippen LogP contribution is 2.33. The standard InChI is InChI=1S/C16H22/c1-2-3-4-5-6-9-14-12-13-15-10-7-8-11-16(14)15/h7-8,10-14H,2-6,9H2,1H3. The molecule has 16 heavy (non-hydrogen) atoms. The van der Waals surface area contributed by atoms with Crippen molar-refractivity contribution in [3.05, 3.63) is 41.5 Å². The SMILES string of the molecule is CCCCCCCC1C=Cc2ccccc21. The van der Waals surface area contributed by atoms with Gasteiger partial charge in [0.1, 0.15) is 0 Å². The molecular weight excluding hydrogens is 192 g/mol. The molecule has 0 bridgehead atoms. The van der Waals surface area contributed by atoms with Crippen molar-refractivity contribution in [1.29, 1.82) is 0 Å². The van der Waals surface area contributed by atoms with Gasteiger partial charge in [-0.05, 0) is 17.5 Å². The van der Waals surface area contributed by atoms with Gasteiger partial charge in [0.05, 0.1) is 0 Å². The van der Waals surface area contributed by atoms with Crippen molar-refractivity contribution in [2.45, 2.75) is 51.4 Å². The van der Waals surface area contributed by atoms with Gasteiger partial charge in [-0.3, -0.25) is 0 Å². The van der Waals surface area contributed by atoms with Gasteiger partial charge in [0.25, 0.3) is 0 Å². The molecule has 0 fully saturated rings. The summed E-state index contributed by atoms with van der Waals surface area (Å²) < 4.78 is 0. The van der Waals surface area contributed by atoms with E-state index in [4.69, 9.17) is 0 Å². The molecule has 0 saturated heterocycles. The maximum atomic E-state index is 2.38. The van der Waals surface area contributed by atoms with Crippen molar-refractivity contribution in [2.75, 3.05) is 0 Å². The van der Waals surface area contributed by atoms with Crippen LogP contribution < -0.4 is 0 Å². The van der Waals surface area contributed by atoms with Crippen LogP contribution in [0.3, 0.4) is 0 Å². The number of benzene rings is 1. The van der Waals surface area contributed by atoms with E-state index in [0.29, 0.717) is 5.92 Å². The lowest BCUT2D eigenvalue weighted by Gasteiger charge is -2.10. The summed E-state index contributed by atoms with van der Waals surface area (Å²) in [6.07, 6.45) is 12.9. The minimum absolute atomic E-state index is 0.692. The van der Waals surface area contributed by atoms with Gasteiger partial charge in [0.2, 0.25) is 0 Å².